The van der Waals surface area contributed by atoms with Gasteiger partial charge in [-0.05, 0) is 36.1 Å². The number of rotatable bonds is 2. The number of pyridine rings is 1. The lowest BCUT2D eigenvalue weighted by molar-refractivity contribution is 0.0879. The molecule has 0 bridgehead atoms. The first-order chi connectivity index (χ1) is 12.0. The minimum atomic E-state index is -0.635. The van der Waals surface area contributed by atoms with Gasteiger partial charge >= 0.3 is 0 Å². The van der Waals surface area contributed by atoms with Gasteiger partial charge in [0.1, 0.15) is 5.82 Å². The van der Waals surface area contributed by atoms with Crippen LogP contribution in [0.5, 0.6) is 0 Å². The molecule has 7 nitrogen and oxygen atoms in total. The molecule has 0 aliphatic carbocycles. The third-order valence-electron chi connectivity index (χ3n) is 4.41. The molecule has 0 atom stereocenters. The van der Waals surface area contributed by atoms with Crippen LogP contribution in [0.2, 0.25) is 0 Å². The fourth-order valence-electron chi connectivity index (χ4n) is 3.08. The van der Waals surface area contributed by atoms with E-state index < -0.39 is 22.8 Å². The molecular weight excluding hydrogens is 334 g/mol. The number of nitrogens with zero attached hydrogens (tertiary/aromatic N) is 1. The molecule has 3 rings (SSSR count). The third-order valence-corrected chi connectivity index (χ3v) is 4.41. The van der Waals surface area contributed by atoms with Crippen LogP contribution in [0.15, 0.2) is 29.1 Å². The zero-order valence-corrected chi connectivity index (χ0v) is 15.0. The van der Waals surface area contributed by atoms with E-state index >= 15 is 0 Å². The molecule has 0 fully saturated rings. The molecule has 2 aromatic rings. The van der Waals surface area contributed by atoms with Crippen LogP contribution in [0.4, 0.5) is 5.82 Å². The van der Waals surface area contributed by atoms with Gasteiger partial charge in [0, 0.05) is 11.6 Å². The summed E-state index contributed by atoms with van der Waals surface area (Å²) in [6.45, 7) is 7.30. The van der Waals surface area contributed by atoms with Crippen LogP contribution >= 0.6 is 0 Å². The predicted octanol–water partition coefficient (Wildman–Crippen LogP) is 1.80. The number of carbonyl (C=O) groups excluding carboxylic acids is 3. The van der Waals surface area contributed by atoms with E-state index in [0.29, 0.717) is 11.3 Å². The van der Waals surface area contributed by atoms with E-state index in [-0.39, 0.29) is 22.7 Å². The van der Waals surface area contributed by atoms with E-state index in [1.807, 2.05) is 20.8 Å². The van der Waals surface area contributed by atoms with Gasteiger partial charge in [-0.3, -0.25) is 29.1 Å². The predicted molar refractivity (Wildman–Crippen MR) is 97.0 cm³/mol. The Morgan fingerprint density at radius 3 is 2.31 bits per heavy atom. The monoisotopic (exact) mass is 353 g/mol. The Labute approximate surface area is 149 Å². The van der Waals surface area contributed by atoms with Crippen molar-refractivity contribution in [1.29, 1.82) is 0 Å². The zero-order chi connectivity index (χ0) is 19.4. The van der Waals surface area contributed by atoms with E-state index in [2.05, 4.69) is 5.32 Å². The van der Waals surface area contributed by atoms with E-state index in [1.54, 1.807) is 18.2 Å². The number of nitrogen functional groups attached to an aromatic ring is 1. The number of anilines is 1. The first-order valence-corrected chi connectivity index (χ1v) is 8.09. The second-order valence-electron chi connectivity index (χ2n) is 7.31. The molecule has 1 aromatic carbocycles. The minimum absolute atomic E-state index is 0.00916. The average Bonchev–Trinajstić information content (AvgIpc) is 2.80. The van der Waals surface area contributed by atoms with Crippen LogP contribution in [-0.2, 0) is 5.41 Å². The fourth-order valence-corrected chi connectivity index (χ4v) is 3.08. The van der Waals surface area contributed by atoms with Crippen LogP contribution < -0.4 is 16.6 Å². The summed E-state index contributed by atoms with van der Waals surface area (Å²) in [4.78, 5) is 48.3. The van der Waals surface area contributed by atoms with E-state index in [0.717, 1.165) is 11.6 Å². The largest absolute Gasteiger partial charge is 0.384 e. The van der Waals surface area contributed by atoms with Crippen molar-refractivity contribution in [3.05, 3.63) is 56.9 Å². The summed E-state index contributed by atoms with van der Waals surface area (Å²) in [7, 11) is 0. The highest BCUT2D eigenvalue weighted by atomic mass is 16.2. The fraction of sp³-hybridized carbons (Fsp3) is 0.263. The smallest absolute Gasteiger partial charge is 0.262 e. The second-order valence-corrected chi connectivity index (χ2v) is 7.31. The van der Waals surface area contributed by atoms with E-state index in [9.17, 15) is 19.2 Å². The van der Waals surface area contributed by atoms with Crippen molar-refractivity contribution in [2.45, 2.75) is 33.1 Å². The Hall–Kier alpha value is -3.22. The number of amides is 2. The van der Waals surface area contributed by atoms with Crippen LogP contribution in [-0.4, -0.2) is 22.2 Å². The van der Waals surface area contributed by atoms with Crippen molar-refractivity contribution in [1.82, 2.24) is 9.88 Å². The van der Waals surface area contributed by atoms with Crippen molar-refractivity contribution < 1.29 is 14.4 Å². The van der Waals surface area contributed by atoms with Crippen LogP contribution in [0.1, 0.15) is 64.3 Å². The molecule has 0 unspecified atom stereocenters. The number of ketones is 1. The van der Waals surface area contributed by atoms with Crippen LogP contribution in [0.3, 0.4) is 0 Å². The Morgan fingerprint density at radius 2 is 1.73 bits per heavy atom. The molecule has 26 heavy (non-hydrogen) atoms. The quantitative estimate of drug-likeness (QED) is 0.632. The molecule has 0 spiro atoms. The molecule has 1 aliphatic heterocycles. The molecule has 1 aliphatic rings. The van der Waals surface area contributed by atoms with Gasteiger partial charge in [0.05, 0.1) is 16.8 Å². The standard InChI is InChI=1S/C19H19N3O4/c1-9(23)10-5-6-13(12(7-10)19(2,3)4)22-14(24)8-11-15(16(22)20)18(26)21-17(11)25/h5-8H,20H2,1-4H3,(H,21,25,26). The van der Waals surface area contributed by atoms with Gasteiger partial charge < -0.3 is 5.73 Å². The number of Topliss-reactive ketones (excluding diaryl/α,β-unsaturated/α-hetero) is 1. The second kappa shape index (κ2) is 5.66. The number of benzene rings is 1. The lowest BCUT2D eigenvalue weighted by Crippen LogP contribution is -2.27. The minimum Gasteiger partial charge on any atom is -0.384 e. The number of nitrogens with two attached hydrogens (primary N) is 1. The van der Waals surface area contributed by atoms with Crippen molar-refractivity contribution >= 4 is 23.4 Å². The van der Waals surface area contributed by atoms with E-state index in [1.165, 1.54) is 11.5 Å². The molecule has 0 radical (unpaired) electrons. The molecule has 2 heterocycles. The van der Waals surface area contributed by atoms with Crippen molar-refractivity contribution in [2.75, 3.05) is 5.73 Å². The number of hydrogen-bond donors (Lipinski definition) is 2. The van der Waals surface area contributed by atoms with E-state index in [4.69, 9.17) is 5.73 Å². The number of imide groups is 1. The Morgan fingerprint density at radius 1 is 1.08 bits per heavy atom. The molecule has 134 valence electrons. The summed E-state index contributed by atoms with van der Waals surface area (Å²) < 4.78 is 1.21. The SMILES string of the molecule is CC(=O)c1ccc(-n2c(N)c3c(cc2=O)C(=O)NC3=O)c(C(C)(C)C)c1. The topological polar surface area (TPSA) is 111 Å². The normalized spacial score (nSPS) is 13.5. The molecule has 7 heteroatoms. The summed E-state index contributed by atoms with van der Waals surface area (Å²) in [5.41, 5.74) is 6.87. The number of carbonyl (C=O) groups is 3. The van der Waals surface area contributed by atoms with Crippen molar-refractivity contribution in [3.8, 4) is 5.69 Å². The highest BCUT2D eigenvalue weighted by Gasteiger charge is 2.32. The molecular formula is C19H19N3O4. The number of hydrogen-bond acceptors (Lipinski definition) is 5. The maximum atomic E-state index is 12.7. The Bertz CT molecular complexity index is 1040. The van der Waals surface area contributed by atoms with Crippen molar-refractivity contribution in [3.63, 3.8) is 0 Å². The number of aromatic nitrogens is 1. The van der Waals surface area contributed by atoms with Crippen LogP contribution in [0.25, 0.3) is 5.69 Å². The number of fused-ring (bicyclic) bond motifs is 1. The summed E-state index contributed by atoms with van der Waals surface area (Å²) in [5.74, 6) is -1.46. The van der Waals surface area contributed by atoms with Crippen molar-refractivity contribution in [2.24, 2.45) is 0 Å². The zero-order valence-electron chi connectivity index (χ0n) is 15.0. The summed E-state index contributed by atoms with van der Waals surface area (Å²) in [6, 6.07) is 6.08. The lowest BCUT2D eigenvalue weighted by Gasteiger charge is -2.25. The summed E-state index contributed by atoms with van der Waals surface area (Å²) in [6.07, 6.45) is 0. The Kier molecular flexibility index (Phi) is 3.83. The maximum absolute atomic E-state index is 12.7. The molecule has 3 N–H and O–H groups in total. The first kappa shape index (κ1) is 17.6. The average molecular weight is 353 g/mol. The summed E-state index contributed by atoms with van der Waals surface area (Å²) >= 11 is 0. The molecule has 0 saturated carbocycles. The Balaban J connectivity index is 2.37. The highest BCUT2D eigenvalue weighted by molar-refractivity contribution is 6.23. The third kappa shape index (κ3) is 2.61. The first-order valence-electron chi connectivity index (χ1n) is 8.09. The van der Waals surface area contributed by atoms with Crippen LogP contribution in [0, 0.1) is 0 Å². The highest BCUT2D eigenvalue weighted by Crippen LogP contribution is 2.31. The van der Waals surface area contributed by atoms with Gasteiger partial charge in [0.2, 0.25) is 0 Å². The van der Waals surface area contributed by atoms with Gasteiger partial charge in [0.15, 0.2) is 5.78 Å². The lowest BCUT2D eigenvalue weighted by atomic mass is 9.84. The van der Waals surface area contributed by atoms with Gasteiger partial charge in [0.25, 0.3) is 17.4 Å². The number of nitrogens with one attached hydrogen (secondary N) is 1. The van der Waals surface area contributed by atoms with Gasteiger partial charge in [-0.25, -0.2) is 0 Å². The van der Waals surface area contributed by atoms with Gasteiger partial charge in [-0.1, -0.05) is 20.8 Å². The van der Waals surface area contributed by atoms with Gasteiger partial charge in [-0.2, -0.15) is 0 Å². The molecule has 1 aromatic heterocycles. The maximum Gasteiger partial charge on any atom is 0.262 e. The summed E-state index contributed by atoms with van der Waals surface area (Å²) in [5, 5.41) is 2.14. The van der Waals surface area contributed by atoms with Gasteiger partial charge in [-0.15, -0.1) is 0 Å². The molecule has 2 amide bonds. The molecule has 0 saturated heterocycles.